The third kappa shape index (κ3) is 5.72. The molecule has 160 valence electrons. The van der Waals surface area contributed by atoms with Crippen molar-refractivity contribution in [3.05, 3.63) is 58.8 Å². The maximum atomic E-state index is 12.4. The average Bonchev–Trinajstić information content (AvgIpc) is 2.93. The van der Waals surface area contributed by atoms with Crippen LogP contribution in [-0.4, -0.2) is 47.6 Å². The van der Waals surface area contributed by atoms with E-state index >= 15 is 0 Å². The topological polar surface area (TPSA) is 80.8 Å². The number of benzene rings is 1. The van der Waals surface area contributed by atoms with E-state index in [1.165, 1.54) is 17.3 Å². The van der Waals surface area contributed by atoms with Crippen LogP contribution in [0.5, 0.6) is 5.88 Å². The summed E-state index contributed by atoms with van der Waals surface area (Å²) >= 11 is 0. The van der Waals surface area contributed by atoms with Gasteiger partial charge >= 0.3 is 6.09 Å². The van der Waals surface area contributed by atoms with E-state index in [4.69, 9.17) is 9.47 Å². The highest BCUT2D eigenvalue weighted by atomic mass is 16.6. The molecule has 1 aromatic heterocycles. The SMILES string of the molecule is CNC(=O)c1ccc(OCc2ccc3c(c2)CCN(C(=O)OC(C)(C)C)CC3)nc1. The number of nitrogens with one attached hydrogen (secondary N) is 1. The number of aromatic nitrogens is 1. The van der Waals surface area contributed by atoms with Gasteiger partial charge in [0.2, 0.25) is 5.88 Å². The van der Waals surface area contributed by atoms with Crippen molar-refractivity contribution in [2.24, 2.45) is 0 Å². The van der Waals surface area contributed by atoms with Gasteiger partial charge in [-0.05, 0) is 56.4 Å². The molecule has 0 atom stereocenters. The molecule has 0 bridgehead atoms. The lowest BCUT2D eigenvalue weighted by molar-refractivity contribution is 0.0258. The van der Waals surface area contributed by atoms with Gasteiger partial charge in [0.05, 0.1) is 5.56 Å². The Hall–Kier alpha value is -3.09. The quantitative estimate of drug-likeness (QED) is 0.834. The summed E-state index contributed by atoms with van der Waals surface area (Å²) in [5, 5.41) is 2.56. The standard InChI is InChI=1S/C23H29N3O4/c1-23(2,3)30-22(28)26-11-9-17-6-5-16(13-18(17)10-12-26)15-29-20-8-7-19(14-25-20)21(27)24-4/h5-8,13-14H,9-12,15H2,1-4H3,(H,24,27). The molecule has 0 unspecified atom stereocenters. The maximum absolute atomic E-state index is 12.4. The molecule has 0 spiro atoms. The number of rotatable bonds is 4. The molecular formula is C23H29N3O4. The molecule has 0 saturated carbocycles. The molecule has 2 aromatic rings. The summed E-state index contributed by atoms with van der Waals surface area (Å²) in [6.07, 6.45) is 2.82. The molecule has 0 fully saturated rings. The molecule has 2 amide bonds. The number of fused-ring (bicyclic) bond motifs is 1. The number of carbonyl (C=O) groups is 2. The van der Waals surface area contributed by atoms with Crippen molar-refractivity contribution < 1.29 is 19.1 Å². The van der Waals surface area contributed by atoms with Gasteiger partial charge in [-0.1, -0.05) is 18.2 Å². The first-order valence-corrected chi connectivity index (χ1v) is 10.1. The first kappa shape index (κ1) is 21.6. The van der Waals surface area contributed by atoms with E-state index in [2.05, 4.69) is 22.4 Å². The van der Waals surface area contributed by atoms with E-state index in [1.54, 1.807) is 24.1 Å². The van der Waals surface area contributed by atoms with E-state index in [0.29, 0.717) is 31.1 Å². The molecule has 0 radical (unpaired) electrons. The molecule has 30 heavy (non-hydrogen) atoms. The van der Waals surface area contributed by atoms with Crippen molar-refractivity contribution in [2.75, 3.05) is 20.1 Å². The minimum Gasteiger partial charge on any atom is -0.473 e. The predicted molar refractivity (Wildman–Crippen MR) is 114 cm³/mol. The van der Waals surface area contributed by atoms with Crippen LogP contribution in [0.1, 0.15) is 47.8 Å². The van der Waals surface area contributed by atoms with Gasteiger partial charge in [-0.3, -0.25) is 4.79 Å². The third-order valence-corrected chi connectivity index (χ3v) is 4.84. The Morgan fingerprint density at radius 3 is 2.47 bits per heavy atom. The van der Waals surface area contributed by atoms with E-state index in [1.807, 2.05) is 26.8 Å². The number of hydrogen-bond donors (Lipinski definition) is 1. The molecule has 0 saturated heterocycles. The molecule has 1 aliphatic heterocycles. The second kappa shape index (κ2) is 9.15. The van der Waals surface area contributed by atoms with Crippen molar-refractivity contribution in [2.45, 2.75) is 45.8 Å². The van der Waals surface area contributed by atoms with Crippen molar-refractivity contribution in [3.63, 3.8) is 0 Å². The summed E-state index contributed by atoms with van der Waals surface area (Å²) in [7, 11) is 1.58. The first-order valence-electron chi connectivity index (χ1n) is 10.1. The Morgan fingerprint density at radius 2 is 1.83 bits per heavy atom. The van der Waals surface area contributed by atoms with Gasteiger partial charge in [-0.15, -0.1) is 0 Å². The van der Waals surface area contributed by atoms with Crippen LogP contribution in [0.3, 0.4) is 0 Å². The fourth-order valence-electron chi connectivity index (χ4n) is 3.28. The zero-order valence-corrected chi connectivity index (χ0v) is 18.0. The average molecular weight is 412 g/mol. The fourth-order valence-corrected chi connectivity index (χ4v) is 3.28. The van der Waals surface area contributed by atoms with Gasteiger partial charge < -0.3 is 19.7 Å². The van der Waals surface area contributed by atoms with E-state index in [9.17, 15) is 9.59 Å². The van der Waals surface area contributed by atoms with E-state index < -0.39 is 5.60 Å². The highest BCUT2D eigenvalue weighted by molar-refractivity contribution is 5.93. The number of pyridine rings is 1. The molecular weight excluding hydrogens is 382 g/mol. The minimum atomic E-state index is -0.493. The Morgan fingerprint density at radius 1 is 1.10 bits per heavy atom. The molecule has 2 heterocycles. The van der Waals surface area contributed by atoms with Gasteiger partial charge in [0.15, 0.2) is 0 Å². The van der Waals surface area contributed by atoms with Gasteiger partial charge in [-0.2, -0.15) is 0 Å². The van der Waals surface area contributed by atoms with Crippen LogP contribution in [0.2, 0.25) is 0 Å². The second-order valence-electron chi connectivity index (χ2n) is 8.32. The van der Waals surface area contributed by atoms with Crippen molar-refractivity contribution in [1.82, 2.24) is 15.2 Å². The number of carbonyl (C=O) groups excluding carboxylic acids is 2. The summed E-state index contributed by atoms with van der Waals surface area (Å²) in [6, 6.07) is 9.65. The van der Waals surface area contributed by atoms with Crippen LogP contribution < -0.4 is 10.1 Å². The van der Waals surface area contributed by atoms with Crippen LogP contribution in [0.15, 0.2) is 36.5 Å². The summed E-state index contributed by atoms with van der Waals surface area (Å²) in [5.74, 6) is 0.286. The van der Waals surface area contributed by atoms with Crippen LogP contribution in [-0.2, 0) is 24.2 Å². The number of ether oxygens (including phenoxy) is 2. The molecule has 1 aliphatic rings. The van der Waals surface area contributed by atoms with Crippen molar-refractivity contribution >= 4 is 12.0 Å². The second-order valence-corrected chi connectivity index (χ2v) is 8.32. The maximum Gasteiger partial charge on any atom is 0.410 e. The predicted octanol–water partition coefficient (Wildman–Crippen LogP) is 3.36. The molecule has 7 heteroatoms. The summed E-state index contributed by atoms with van der Waals surface area (Å²) in [6.45, 7) is 7.31. The highest BCUT2D eigenvalue weighted by Crippen LogP contribution is 2.20. The monoisotopic (exact) mass is 411 g/mol. The summed E-state index contributed by atoms with van der Waals surface area (Å²) < 4.78 is 11.3. The highest BCUT2D eigenvalue weighted by Gasteiger charge is 2.24. The van der Waals surface area contributed by atoms with Crippen molar-refractivity contribution in [3.8, 4) is 5.88 Å². The van der Waals surface area contributed by atoms with Crippen LogP contribution >= 0.6 is 0 Å². The number of nitrogens with zero attached hydrogens (tertiary/aromatic N) is 2. The molecule has 7 nitrogen and oxygen atoms in total. The Kier molecular flexibility index (Phi) is 6.59. The summed E-state index contributed by atoms with van der Waals surface area (Å²) in [4.78, 5) is 29.9. The lowest BCUT2D eigenvalue weighted by atomic mass is 10.0. The lowest BCUT2D eigenvalue weighted by Gasteiger charge is -2.26. The van der Waals surface area contributed by atoms with Crippen LogP contribution in [0.25, 0.3) is 0 Å². The Balaban J connectivity index is 1.60. The molecule has 1 aromatic carbocycles. The Bertz CT molecular complexity index is 904. The van der Waals surface area contributed by atoms with Gasteiger partial charge in [0.25, 0.3) is 5.91 Å². The van der Waals surface area contributed by atoms with E-state index in [-0.39, 0.29) is 12.0 Å². The molecule has 1 N–H and O–H groups in total. The number of amides is 2. The summed E-state index contributed by atoms with van der Waals surface area (Å²) in [5.41, 5.74) is 3.51. The number of hydrogen-bond acceptors (Lipinski definition) is 5. The zero-order chi connectivity index (χ0) is 21.7. The van der Waals surface area contributed by atoms with E-state index in [0.717, 1.165) is 18.4 Å². The van der Waals surface area contributed by atoms with Gasteiger partial charge in [0, 0.05) is 32.4 Å². The lowest BCUT2D eigenvalue weighted by Crippen LogP contribution is -2.38. The van der Waals surface area contributed by atoms with Crippen LogP contribution in [0, 0.1) is 0 Å². The molecule has 0 aliphatic carbocycles. The largest absolute Gasteiger partial charge is 0.473 e. The normalized spacial score (nSPS) is 13.8. The van der Waals surface area contributed by atoms with Crippen LogP contribution in [0.4, 0.5) is 4.79 Å². The fraction of sp³-hybridized carbons (Fsp3) is 0.435. The smallest absolute Gasteiger partial charge is 0.410 e. The minimum absolute atomic E-state index is 0.180. The first-order chi connectivity index (χ1) is 14.2. The zero-order valence-electron chi connectivity index (χ0n) is 18.0. The van der Waals surface area contributed by atoms with Gasteiger partial charge in [-0.25, -0.2) is 9.78 Å². The Labute approximate surface area is 177 Å². The van der Waals surface area contributed by atoms with Crippen molar-refractivity contribution in [1.29, 1.82) is 0 Å². The van der Waals surface area contributed by atoms with Gasteiger partial charge in [0.1, 0.15) is 12.2 Å². The molecule has 3 rings (SSSR count). The third-order valence-electron chi connectivity index (χ3n) is 4.84.